The largest absolute Gasteiger partial charge is 0.491 e. The van der Waals surface area contributed by atoms with E-state index >= 15 is 0 Å². The quantitative estimate of drug-likeness (QED) is 0.838. The van der Waals surface area contributed by atoms with E-state index in [4.69, 9.17) is 18.6 Å². The van der Waals surface area contributed by atoms with E-state index in [0.717, 1.165) is 0 Å². The highest BCUT2D eigenvalue weighted by molar-refractivity contribution is 5.91. The second-order valence-corrected chi connectivity index (χ2v) is 5.10. The fourth-order valence-electron chi connectivity index (χ4n) is 2.07. The van der Waals surface area contributed by atoms with Crippen LogP contribution in [-0.2, 0) is 0 Å². The van der Waals surface area contributed by atoms with Gasteiger partial charge in [-0.2, -0.15) is 0 Å². The van der Waals surface area contributed by atoms with Crippen LogP contribution in [0.3, 0.4) is 0 Å². The summed E-state index contributed by atoms with van der Waals surface area (Å²) in [7, 11) is 0. The zero-order valence-corrected chi connectivity index (χ0v) is 12.6. The van der Waals surface area contributed by atoms with Crippen LogP contribution in [0.5, 0.6) is 17.2 Å². The molecule has 1 amide bonds. The summed E-state index contributed by atoms with van der Waals surface area (Å²) >= 11 is 0. The van der Waals surface area contributed by atoms with Crippen LogP contribution in [0, 0.1) is 6.92 Å². The van der Waals surface area contributed by atoms with Gasteiger partial charge in [-0.05, 0) is 31.2 Å². The Balaban J connectivity index is 1.44. The molecule has 1 atom stereocenters. The van der Waals surface area contributed by atoms with Gasteiger partial charge in [0.25, 0.3) is 5.91 Å². The molecule has 0 unspecified atom stereocenters. The van der Waals surface area contributed by atoms with Crippen LogP contribution in [-0.4, -0.2) is 37.1 Å². The maximum Gasteiger partial charge on any atom is 0.287 e. The van der Waals surface area contributed by atoms with Crippen molar-refractivity contribution in [3.05, 3.63) is 41.9 Å². The Hall–Kier alpha value is -2.67. The molecule has 1 aromatic carbocycles. The monoisotopic (exact) mass is 319 g/mol. The highest BCUT2D eigenvalue weighted by Crippen LogP contribution is 2.35. The first-order valence-corrected chi connectivity index (χ1v) is 7.17. The summed E-state index contributed by atoms with van der Waals surface area (Å²) < 4.78 is 21.1. The number of hydrogen-bond acceptors (Lipinski definition) is 6. The molecule has 3 rings (SSSR count). The summed E-state index contributed by atoms with van der Waals surface area (Å²) in [4.78, 5) is 11.8. The molecule has 0 saturated heterocycles. The minimum atomic E-state index is -0.847. The van der Waals surface area contributed by atoms with Crippen molar-refractivity contribution >= 4 is 5.91 Å². The third-order valence-corrected chi connectivity index (χ3v) is 3.25. The Morgan fingerprint density at radius 2 is 2.13 bits per heavy atom. The van der Waals surface area contributed by atoms with E-state index < -0.39 is 6.10 Å². The third-order valence-electron chi connectivity index (χ3n) is 3.25. The summed E-state index contributed by atoms with van der Waals surface area (Å²) in [5, 5.41) is 12.5. The number of furan rings is 1. The lowest BCUT2D eigenvalue weighted by Gasteiger charge is -2.13. The van der Waals surface area contributed by atoms with Crippen LogP contribution in [0.15, 0.2) is 34.7 Å². The molecule has 0 spiro atoms. The Kier molecular flexibility index (Phi) is 4.38. The molecule has 0 aliphatic carbocycles. The van der Waals surface area contributed by atoms with Crippen LogP contribution >= 0.6 is 0 Å². The maximum absolute atomic E-state index is 11.8. The smallest absolute Gasteiger partial charge is 0.287 e. The van der Waals surface area contributed by atoms with Crippen molar-refractivity contribution in [1.82, 2.24) is 5.32 Å². The average Bonchev–Trinajstić information content (AvgIpc) is 3.18. The molecule has 7 nitrogen and oxygen atoms in total. The first-order chi connectivity index (χ1) is 11.1. The molecule has 1 aliphatic rings. The number of aryl methyl sites for hydroxylation is 1. The zero-order valence-electron chi connectivity index (χ0n) is 12.6. The number of carbonyl (C=O) groups is 1. The molecule has 2 aromatic rings. The van der Waals surface area contributed by atoms with Crippen LogP contribution in [0.2, 0.25) is 0 Å². The molecule has 2 heterocycles. The maximum atomic E-state index is 11.8. The SMILES string of the molecule is Cc1ccc(C(=O)NC[C@@H](O)COc2ccc3c(c2)OCO3)o1. The van der Waals surface area contributed by atoms with E-state index in [1.54, 1.807) is 37.3 Å². The molecular formula is C16H17NO6. The van der Waals surface area contributed by atoms with Gasteiger partial charge in [-0.15, -0.1) is 0 Å². The summed E-state index contributed by atoms with van der Waals surface area (Å²) in [5.41, 5.74) is 0. The molecule has 0 fully saturated rings. The number of hydrogen-bond donors (Lipinski definition) is 2. The van der Waals surface area contributed by atoms with E-state index in [-0.39, 0.29) is 31.6 Å². The van der Waals surface area contributed by atoms with E-state index in [2.05, 4.69) is 5.32 Å². The Labute approximate surface area is 132 Å². The Bertz CT molecular complexity index is 696. The van der Waals surface area contributed by atoms with Gasteiger partial charge in [-0.1, -0.05) is 0 Å². The van der Waals surface area contributed by atoms with Crippen molar-refractivity contribution in [3.8, 4) is 17.2 Å². The van der Waals surface area contributed by atoms with E-state index in [1.807, 2.05) is 0 Å². The number of ether oxygens (including phenoxy) is 3. The zero-order chi connectivity index (χ0) is 16.2. The van der Waals surface area contributed by atoms with Gasteiger partial charge in [0.1, 0.15) is 24.2 Å². The fourth-order valence-corrected chi connectivity index (χ4v) is 2.07. The van der Waals surface area contributed by atoms with Gasteiger partial charge in [0.05, 0.1) is 0 Å². The standard InChI is InChI=1S/C16H17NO6/c1-10-2-4-14(23-10)16(19)17-7-11(18)8-20-12-3-5-13-15(6-12)22-9-21-13/h2-6,11,18H,7-9H2,1H3,(H,17,19)/t11-/m1/s1. The molecule has 1 aliphatic heterocycles. The van der Waals surface area contributed by atoms with Crippen LogP contribution in [0.25, 0.3) is 0 Å². The van der Waals surface area contributed by atoms with Crippen LogP contribution < -0.4 is 19.5 Å². The predicted molar refractivity (Wildman–Crippen MR) is 79.8 cm³/mol. The van der Waals surface area contributed by atoms with Crippen molar-refractivity contribution in [1.29, 1.82) is 0 Å². The van der Waals surface area contributed by atoms with Crippen molar-refractivity contribution in [2.75, 3.05) is 19.9 Å². The highest BCUT2D eigenvalue weighted by atomic mass is 16.7. The normalized spacial score (nSPS) is 13.7. The van der Waals surface area contributed by atoms with Crippen molar-refractivity contribution in [2.45, 2.75) is 13.0 Å². The van der Waals surface area contributed by atoms with Crippen molar-refractivity contribution < 1.29 is 28.5 Å². The lowest BCUT2D eigenvalue weighted by molar-refractivity contribution is 0.0821. The molecule has 7 heteroatoms. The van der Waals surface area contributed by atoms with Gasteiger partial charge in [0, 0.05) is 12.6 Å². The number of amides is 1. The van der Waals surface area contributed by atoms with Gasteiger partial charge in [-0.3, -0.25) is 4.79 Å². The van der Waals surface area contributed by atoms with Gasteiger partial charge in [0.15, 0.2) is 17.3 Å². The number of aliphatic hydroxyl groups is 1. The molecule has 122 valence electrons. The molecule has 0 saturated carbocycles. The first kappa shape index (κ1) is 15.2. The molecule has 0 radical (unpaired) electrons. The average molecular weight is 319 g/mol. The minimum Gasteiger partial charge on any atom is -0.491 e. The predicted octanol–water partition coefficient (Wildman–Crippen LogP) is 1.49. The lowest BCUT2D eigenvalue weighted by Crippen LogP contribution is -2.35. The van der Waals surface area contributed by atoms with E-state index in [0.29, 0.717) is 23.0 Å². The van der Waals surface area contributed by atoms with E-state index in [9.17, 15) is 9.90 Å². The summed E-state index contributed by atoms with van der Waals surface area (Å²) in [5.74, 6) is 2.33. The molecule has 0 bridgehead atoms. The fraction of sp³-hybridized carbons (Fsp3) is 0.312. The van der Waals surface area contributed by atoms with Gasteiger partial charge in [-0.25, -0.2) is 0 Å². The summed E-state index contributed by atoms with van der Waals surface area (Å²) in [6.45, 7) is 2.05. The summed E-state index contributed by atoms with van der Waals surface area (Å²) in [6, 6.07) is 8.45. The topological polar surface area (TPSA) is 90.2 Å². The molecule has 2 N–H and O–H groups in total. The molecule has 1 aromatic heterocycles. The number of nitrogens with one attached hydrogen (secondary N) is 1. The molecular weight excluding hydrogens is 302 g/mol. The van der Waals surface area contributed by atoms with Crippen LogP contribution in [0.1, 0.15) is 16.3 Å². The number of aliphatic hydroxyl groups excluding tert-OH is 1. The molecule has 23 heavy (non-hydrogen) atoms. The third kappa shape index (κ3) is 3.75. The summed E-state index contributed by atoms with van der Waals surface area (Å²) in [6.07, 6.45) is -0.847. The van der Waals surface area contributed by atoms with Gasteiger partial charge in [0.2, 0.25) is 6.79 Å². The van der Waals surface area contributed by atoms with Gasteiger partial charge < -0.3 is 29.1 Å². The number of fused-ring (bicyclic) bond motifs is 1. The van der Waals surface area contributed by atoms with Crippen molar-refractivity contribution in [3.63, 3.8) is 0 Å². The second-order valence-electron chi connectivity index (χ2n) is 5.10. The van der Waals surface area contributed by atoms with Gasteiger partial charge >= 0.3 is 0 Å². The van der Waals surface area contributed by atoms with Crippen molar-refractivity contribution in [2.24, 2.45) is 0 Å². The minimum absolute atomic E-state index is 0.0388. The lowest BCUT2D eigenvalue weighted by atomic mass is 10.3. The number of rotatable bonds is 6. The first-order valence-electron chi connectivity index (χ1n) is 7.17. The van der Waals surface area contributed by atoms with E-state index in [1.165, 1.54) is 0 Å². The highest BCUT2D eigenvalue weighted by Gasteiger charge is 2.15. The number of carbonyl (C=O) groups excluding carboxylic acids is 1. The Morgan fingerprint density at radius 1 is 1.30 bits per heavy atom. The van der Waals surface area contributed by atoms with Crippen LogP contribution in [0.4, 0.5) is 0 Å². The second kappa shape index (κ2) is 6.62. The Morgan fingerprint density at radius 3 is 2.91 bits per heavy atom. The number of benzene rings is 1.